The quantitative estimate of drug-likeness (QED) is 0.476. The summed E-state index contributed by atoms with van der Waals surface area (Å²) in [5.74, 6) is -0.288. The van der Waals surface area contributed by atoms with E-state index in [4.69, 9.17) is 11.6 Å². The van der Waals surface area contributed by atoms with Crippen LogP contribution in [0.3, 0.4) is 0 Å². The standard InChI is InChI=1S/C24H29ClN4O3S/c1-16(2)28-33(31,32)15-20-11-9-19(10-12-20)13-26-24(30)23-17(3)27-29(18(23)4)14-21-7-5-6-8-22(21)25/h5-12,16,28H,13-15H2,1-4H3,(H,26,30). The van der Waals surface area contributed by atoms with Gasteiger partial charge in [-0.15, -0.1) is 0 Å². The molecule has 0 aliphatic rings. The summed E-state index contributed by atoms with van der Waals surface area (Å²) < 4.78 is 28.5. The number of carbonyl (C=O) groups excluding carboxylic acids is 1. The molecule has 0 spiro atoms. The molecule has 3 rings (SSSR count). The van der Waals surface area contributed by atoms with Crippen LogP contribution < -0.4 is 10.0 Å². The van der Waals surface area contributed by atoms with Crippen LogP contribution in [0.25, 0.3) is 0 Å². The van der Waals surface area contributed by atoms with E-state index < -0.39 is 10.0 Å². The van der Waals surface area contributed by atoms with Gasteiger partial charge in [-0.25, -0.2) is 13.1 Å². The van der Waals surface area contributed by atoms with E-state index in [-0.39, 0.29) is 17.7 Å². The molecule has 1 aromatic heterocycles. The van der Waals surface area contributed by atoms with Gasteiger partial charge >= 0.3 is 0 Å². The molecule has 33 heavy (non-hydrogen) atoms. The zero-order valence-corrected chi connectivity index (χ0v) is 20.8. The number of aryl methyl sites for hydroxylation is 1. The number of amides is 1. The van der Waals surface area contributed by atoms with E-state index in [0.717, 1.165) is 16.8 Å². The first-order valence-corrected chi connectivity index (χ1v) is 12.7. The fraction of sp³-hybridized carbons (Fsp3) is 0.333. The number of carbonyl (C=O) groups is 1. The van der Waals surface area contributed by atoms with Gasteiger partial charge in [0.2, 0.25) is 10.0 Å². The van der Waals surface area contributed by atoms with Crippen LogP contribution in [0.5, 0.6) is 0 Å². The molecular formula is C24H29ClN4O3S. The van der Waals surface area contributed by atoms with Crippen molar-refractivity contribution in [2.24, 2.45) is 0 Å². The van der Waals surface area contributed by atoms with Crippen molar-refractivity contribution in [2.75, 3.05) is 0 Å². The second-order valence-electron chi connectivity index (χ2n) is 8.33. The molecular weight excluding hydrogens is 460 g/mol. The van der Waals surface area contributed by atoms with E-state index in [1.54, 1.807) is 30.7 Å². The Hall–Kier alpha value is -2.68. The lowest BCUT2D eigenvalue weighted by atomic mass is 10.1. The van der Waals surface area contributed by atoms with E-state index in [0.29, 0.717) is 34.9 Å². The minimum absolute atomic E-state index is 0.0825. The van der Waals surface area contributed by atoms with E-state index in [1.807, 2.05) is 50.2 Å². The summed E-state index contributed by atoms with van der Waals surface area (Å²) in [6.45, 7) is 8.05. The number of nitrogens with zero attached hydrogens (tertiary/aromatic N) is 2. The molecule has 0 aliphatic carbocycles. The van der Waals surface area contributed by atoms with Crippen molar-refractivity contribution in [3.8, 4) is 0 Å². The maximum Gasteiger partial charge on any atom is 0.255 e. The van der Waals surface area contributed by atoms with Crippen LogP contribution in [0.1, 0.15) is 52.3 Å². The lowest BCUT2D eigenvalue weighted by Gasteiger charge is -2.10. The van der Waals surface area contributed by atoms with Crippen molar-refractivity contribution >= 4 is 27.5 Å². The minimum Gasteiger partial charge on any atom is -0.348 e. The van der Waals surface area contributed by atoms with Gasteiger partial charge in [0.25, 0.3) is 5.91 Å². The Bertz CT molecular complexity index is 1240. The Morgan fingerprint density at radius 2 is 1.70 bits per heavy atom. The maximum atomic E-state index is 12.9. The number of benzene rings is 2. The van der Waals surface area contributed by atoms with Crippen molar-refractivity contribution in [3.05, 3.63) is 87.2 Å². The highest BCUT2D eigenvalue weighted by Crippen LogP contribution is 2.19. The number of rotatable bonds is 9. The zero-order valence-electron chi connectivity index (χ0n) is 19.2. The third-order valence-electron chi connectivity index (χ3n) is 5.13. The van der Waals surface area contributed by atoms with Crippen LogP contribution >= 0.6 is 11.6 Å². The maximum absolute atomic E-state index is 12.9. The lowest BCUT2D eigenvalue weighted by molar-refractivity contribution is 0.0949. The number of halogens is 1. The average Bonchev–Trinajstić information content (AvgIpc) is 3.00. The summed E-state index contributed by atoms with van der Waals surface area (Å²) in [6, 6.07) is 14.6. The van der Waals surface area contributed by atoms with Crippen molar-refractivity contribution in [2.45, 2.75) is 52.6 Å². The largest absolute Gasteiger partial charge is 0.348 e. The van der Waals surface area contributed by atoms with Crippen LogP contribution in [0.15, 0.2) is 48.5 Å². The van der Waals surface area contributed by atoms with Gasteiger partial charge in [0.1, 0.15) is 0 Å². The van der Waals surface area contributed by atoms with Gasteiger partial charge in [-0.05, 0) is 50.5 Å². The summed E-state index contributed by atoms with van der Waals surface area (Å²) in [7, 11) is -3.38. The molecule has 176 valence electrons. The third kappa shape index (κ3) is 6.66. The minimum atomic E-state index is -3.38. The van der Waals surface area contributed by atoms with Crippen molar-refractivity contribution in [1.82, 2.24) is 19.8 Å². The Balaban J connectivity index is 1.64. The predicted octanol–water partition coefficient (Wildman–Crippen LogP) is 3.96. The van der Waals surface area contributed by atoms with Gasteiger partial charge in [-0.2, -0.15) is 5.10 Å². The number of nitrogens with one attached hydrogen (secondary N) is 2. The molecule has 0 atom stereocenters. The molecule has 7 nitrogen and oxygen atoms in total. The van der Waals surface area contributed by atoms with Crippen LogP contribution in [0.4, 0.5) is 0 Å². The SMILES string of the molecule is Cc1nn(Cc2ccccc2Cl)c(C)c1C(=O)NCc1ccc(CS(=O)(=O)NC(C)C)cc1. The highest BCUT2D eigenvalue weighted by atomic mass is 35.5. The van der Waals surface area contributed by atoms with Gasteiger partial charge in [0.05, 0.1) is 23.6 Å². The first kappa shape index (κ1) is 25.0. The molecule has 1 amide bonds. The first-order valence-electron chi connectivity index (χ1n) is 10.7. The van der Waals surface area contributed by atoms with Gasteiger partial charge in [-0.1, -0.05) is 54.1 Å². The smallest absolute Gasteiger partial charge is 0.255 e. The normalized spacial score (nSPS) is 11.7. The van der Waals surface area contributed by atoms with Crippen LogP contribution in [-0.4, -0.2) is 30.1 Å². The topological polar surface area (TPSA) is 93.1 Å². The summed E-state index contributed by atoms with van der Waals surface area (Å²) in [5, 5.41) is 8.11. The molecule has 3 aromatic rings. The summed E-state index contributed by atoms with van der Waals surface area (Å²) in [5.41, 5.74) is 4.45. The van der Waals surface area contributed by atoms with Crippen LogP contribution in [0.2, 0.25) is 5.02 Å². The Morgan fingerprint density at radius 1 is 1.06 bits per heavy atom. The van der Waals surface area contributed by atoms with Gasteiger partial charge in [0.15, 0.2) is 0 Å². The van der Waals surface area contributed by atoms with E-state index in [9.17, 15) is 13.2 Å². The molecule has 0 fully saturated rings. The zero-order chi connectivity index (χ0) is 24.2. The Labute approximate surface area is 200 Å². The lowest BCUT2D eigenvalue weighted by Crippen LogP contribution is -2.31. The third-order valence-corrected chi connectivity index (χ3v) is 7.05. The molecule has 2 N–H and O–H groups in total. The predicted molar refractivity (Wildman–Crippen MR) is 131 cm³/mol. The van der Waals surface area contributed by atoms with E-state index in [1.165, 1.54) is 0 Å². The highest BCUT2D eigenvalue weighted by Gasteiger charge is 2.19. The molecule has 9 heteroatoms. The molecule has 0 aliphatic heterocycles. The van der Waals surface area contributed by atoms with Crippen LogP contribution in [-0.2, 0) is 28.9 Å². The second-order valence-corrected chi connectivity index (χ2v) is 10.5. The van der Waals surface area contributed by atoms with Gasteiger partial charge < -0.3 is 5.32 Å². The molecule has 1 heterocycles. The van der Waals surface area contributed by atoms with Crippen LogP contribution in [0, 0.1) is 13.8 Å². The number of hydrogen-bond donors (Lipinski definition) is 2. The molecule has 0 bridgehead atoms. The van der Waals surface area contributed by atoms with Crippen molar-refractivity contribution < 1.29 is 13.2 Å². The fourth-order valence-corrected chi connectivity index (χ4v) is 5.24. The van der Waals surface area contributed by atoms with E-state index >= 15 is 0 Å². The van der Waals surface area contributed by atoms with Gasteiger partial charge in [-0.3, -0.25) is 9.48 Å². The monoisotopic (exact) mass is 488 g/mol. The Kier molecular flexibility index (Phi) is 7.94. The van der Waals surface area contributed by atoms with E-state index in [2.05, 4.69) is 15.1 Å². The molecule has 0 saturated carbocycles. The molecule has 0 radical (unpaired) electrons. The summed E-state index contributed by atoms with van der Waals surface area (Å²) >= 11 is 6.26. The van der Waals surface area contributed by atoms with Gasteiger partial charge in [0, 0.05) is 23.3 Å². The Morgan fingerprint density at radius 3 is 2.33 bits per heavy atom. The molecule has 2 aromatic carbocycles. The summed E-state index contributed by atoms with van der Waals surface area (Å²) in [4.78, 5) is 12.9. The van der Waals surface area contributed by atoms with Crippen molar-refractivity contribution in [3.63, 3.8) is 0 Å². The molecule has 0 saturated heterocycles. The summed E-state index contributed by atoms with van der Waals surface area (Å²) in [6.07, 6.45) is 0. The highest BCUT2D eigenvalue weighted by molar-refractivity contribution is 7.88. The molecule has 0 unspecified atom stereocenters. The number of hydrogen-bond acceptors (Lipinski definition) is 4. The fourth-order valence-electron chi connectivity index (χ4n) is 3.61. The number of sulfonamides is 1. The second kappa shape index (κ2) is 10.5. The number of aromatic nitrogens is 2. The average molecular weight is 489 g/mol. The first-order chi connectivity index (χ1) is 15.6. The van der Waals surface area contributed by atoms with Crippen molar-refractivity contribution in [1.29, 1.82) is 0 Å².